The summed E-state index contributed by atoms with van der Waals surface area (Å²) in [6.07, 6.45) is 7.70. The second-order valence-electron chi connectivity index (χ2n) is 12.1. The molecule has 0 amide bonds. The Hall–Kier alpha value is -4.42. The first kappa shape index (κ1) is 32.5. The highest BCUT2D eigenvalue weighted by Crippen LogP contribution is 2.44. The number of halogens is 1. The van der Waals surface area contributed by atoms with E-state index in [0.717, 1.165) is 74.2 Å². The van der Waals surface area contributed by atoms with Gasteiger partial charge in [0.05, 0.1) is 28.9 Å². The molecule has 9 heteroatoms. The van der Waals surface area contributed by atoms with Gasteiger partial charge in [-0.05, 0) is 85.0 Å². The summed E-state index contributed by atoms with van der Waals surface area (Å²) >= 11 is 6.60. The number of nitrogens with zero attached hydrogens (tertiary/aromatic N) is 3. The lowest BCUT2D eigenvalue weighted by Gasteiger charge is -2.29. The smallest absolute Gasteiger partial charge is 0.153 e. The van der Waals surface area contributed by atoms with E-state index < -0.39 is 0 Å². The molecule has 1 N–H and O–H groups in total. The molecule has 1 atom stereocenters. The molecule has 47 heavy (non-hydrogen) atoms. The van der Waals surface area contributed by atoms with Crippen molar-refractivity contribution in [2.45, 2.75) is 57.8 Å². The van der Waals surface area contributed by atoms with Gasteiger partial charge >= 0.3 is 0 Å². The van der Waals surface area contributed by atoms with Crippen LogP contribution in [0.3, 0.4) is 0 Å². The normalized spacial score (nSPS) is 16.3. The van der Waals surface area contributed by atoms with E-state index in [4.69, 9.17) is 25.8 Å². The molecule has 4 aromatic rings. The second-order valence-corrected chi connectivity index (χ2v) is 12.5. The first-order valence-electron chi connectivity index (χ1n) is 16.1. The third-order valence-corrected chi connectivity index (χ3v) is 9.30. The number of pyridine rings is 1. The summed E-state index contributed by atoms with van der Waals surface area (Å²) in [6.45, 7) is 5.75. The zero-order valence-electron chi connectivity index (χ0n) is 26.5. The van der Waals surface area contributed by atoms with Crippen molar-refractivity contribution < 1.29 is 24.1 Å². The van der Waals surface area contributed by atoms with Gasteiger partial charge < -0.3 is 24.2 Å². The fourth-order valence-electron chi connectivity index (χ4n) is 6.47. The van der Waals surface area contributed by atoms with E-state index >= 15 is 0 Å². The van der Waals surface area contributed by atoms with Crippen molar-refractivity contribution in [3.05, 3.63) is 105 Å². The number of carbonyl (C=O) groups is 1. The summed E-state index contributed by atoms with van der Waals surface area (Å²) in [5.74, 6) is 1.67. The number of aromatic nitrogens is 1. The lowest BCUT2D eigenvalue weighted by molar-refractivity contribution is 0.0800. The van der Waals surface area contributed by atoms with E-state index in [-0.39, 0.29) is 18.8 Å². The minimum Gasteiger partial charge on any atom is -0.493 e. The molecule has 2 heterocycles. The van der Waals surface area contributed by atoms with Gasteiger partial charge in [-0.15, -0.1) is 0 Å². The molecule has 0 bridgehead atoms. The lowest BCUT2D eigenvalue weighted by Crippen LogP contribution is -2.36. The molecule has 1 unspecified atom stereocenters. The van der Waals surface area contributed by atoms with Crippen molar-refractivity contribution in [1.29, 1.82) is 5.26 Å². The van der Waals surface area contributed by atoms with Crippen molar-refractivity contribution >= 4 is 17.9 Å². The van der Waals surface area contributed by atoms with E-state index in [1.807, 2.05) is 6.07 Å². The number of aliphatic hydroxyl groups excluding tert-OH is 1. The molecule has 8 nitrogen and oxygen atoms in total. The van der Waals surface area contributed by atoms with Crippen LogP contribution in [-0.4, -0.2) is 53.6 Å². The summed E-state index contributed by atoms with van der Waals surface area (Å²) in [4.78, 5) is 18.3. The highest BCUT2D eigenvalue weighted by molar-refractivity contribution is 6.32. The fraction of sp³-hybridized carbons (Fsp3) is 0.342. The maximum absolute atomic E-state index is 11.8. The van der Waals surface area contributed by atoms with E-state index in [1.165, 1.54) is 17.3 Å². The lowest BCUT2D eigenvalue weighted by atomic mass is 9.93. The minimum absolute atomic E-state index is 0.131. The zero-order chi connectivity index (χ0) is 32.8. The number of fused-ring (bicyclic) bond motifs is 1. The molecular weight excluding hydrogens is 614 g/mol. The fourth-order valence-corrected chi connectivity index (χ4v) is 6.68. The SMILES string of the molecule is Cc1c(OCCCN2CCC(O)CC2)cccc1-c1cccc2c1CCC2Oc1cc(OCc2cncc(C#N)c2)c(C=O)cc1Cl. The maximum Gasteiger partial charge on any atom is 0.153 e. The number of hydrogen-bond donors (Lipinski definition) is 1. The summed E-state index contributed by atoms with van der Waals surface area (Å²) in [5.41, 5.74) is 7.22. The Bertz CT molecular complexity index is 1780. The Balaban J connectivity index is 1.15. The predicted molar refractivity (Wildman–Crippen MR) is 180 cm³/mol. The maximum atomic E-state index is 11.8. The summed E-state index contributed by atoms with van der Waals surface area (Å²) in [5, 5.41) is 19.3. The predicted octanol–water partition coefficient (Wildman–Crippen LogP) is 7.27. The zero-order valence-corrected chi connectivity index (χ0v) is 27.2. The quantitative estimate of drug-likeness (QED) is 0.126. The Morgan fingerprint density at radius 3 is 2.64 bits per heavy atom. The summed E-state index contributed by atoms with van der Waals surface area (Å²) < 4.78 is 18.7. The summed E-state index contributed by atoms with van der Waals surface area (Å²) in [7, 11) is 0. The number of benzene rings is 3. The van der Waals surface area contributed by atoms with Crippen LogP contribution in [0, 0.1) is 18.3 Å². The van der Waals surface area contributed by atoms with Gasteiger partial charge in [0.15, 0.2) is 6.29 Å². The van der Waals surface area contributed by atoms with Crippen LogP contribution in [0.5, 0.6) is 17.2 Å². The average Bonchev–Trinajstić information content (AvgIpc) is 3.51. The van der Waals surface area contributed by atoms with Crippen LogP contribution in [0.25, 0.3) is 11.1 Å². The molecular formula is C38H38ClN3O5. The van der Waals surface area contributed by atoms with Crippen LogP contribution in [0.1, 0.15) is 70.0 Å². The number of ether oxygens (including phenoxy) is 3. The van der Waals surface area contributed by atoms with Crippen LogP contribution >= 0.6 is 11.6 Å². The summed E-state index contributed by atoms with van der Waals surface area (Å²) in [6, 6.07) is 19.5. The van der Waals surface area contributed by atoms with Crippen LogP contribution in [-0.2, 0) is 13.0 Å². The molecule has 1 aliphatic heterocycles. The molecule has 242 valence electrons. The first-order chi connectivity index (χ1) is 22.9. The second kappa shape index (κ2) is 15.0. The van der Waals surface area contributed by atoms with Gasteiger partial charge in [-0.3, -0.25) is 9.78 Å². The Kier molecular flexibility index (Phi) is 10.4. The molecule has 1 aliphatic carbocycles. The number of likely N-dealkylation sites (tertiary alicyclic amines) is 1. The van der Waals surface area contributed by atoms with Crippen molar-refractivity contribution in [2.75, 3.05) is 26.2 Å². The largest absolute Gasteiger partial charge is 0.493 e. The van der Waals surface area contributed by atoms with Crippen molar-refractivity contribution in [2.24, 2.45) is 0 Å². The van der Waals surface area contributed by atoms with Gasteiger partial charge in [0.25, 0.3) is 0 Å². The molecule has 6 rings (SSSR count). The van der Waals surface area contributed by atoms with Gasteiger partial charge in [0.2, 0.25) is 0 Å². The number of aldehydes is 1. The monoisotopic (exact) mass is 651 g/mol. The van der Waals surface area contributed by atoms with Crippen LogP contribution < -0.4 is 14.2 Å². The van der Waals surface area contributed by atoms with Gasteiger partial charge in [0, 0.05) is 43.7 Å². The van der Waals surface area contributed by atoms with Crippen LogP contribution in [0.2, 0.25) is 5.02 Å². The Morgan fingerprint density at radius 2 is 1.83 bits per heavy atom. The Morgan fingerprint density at radius 1 is 1.02 bits per heavy atom. The highest BCUT2D eigenvalue weighted by atomic mass is 35.5. The van der Waals surface area contributed by atoms with Crippen LogP contribution in [0.4, 0.5) is 0 Å². The van der Waals surface area contributed by atoms with E-state index in [1.54, 1.807) is 24.4 Å². The molecule has 2 aliphatic rings. The average molecular weight is 652 g/mol. The molecule has 1 fully saturated rings. The topological polar surface area (TPSA) is 105 Å². The third kappa shape index (κ3) is 7.60. The highest BCUT2D eigenvalue weighted by Gasteiger charge is 2.28. The molecule has 0 spiro atoms. The van der Waals surface area contributed by atoms with E-state index in [2.05, 4.69) is 53.2 Å². The number of nitriles is 1. The molecule has 3 aromatic carbocycles. The molecule has 1 aromatic heterocycles. The first-order valence-corrected chi connectivity index (χ1v) is 16.5. The number of aliphatic hydroxyl groups is 1. The molecule has 0 radical (unpaired) electrons. The van der Waals surface area contributed by atoms with Gasteiger partial charge in [-0.25, -0.2) is 0 Å². The standard InChI is InChI=1S/C38H38ClN3O5/c1-25-30(5-3-8-35(25)45-16-4-13-42-14-11-29(44)12-15-42)31-6-2-7-33-32(31)9-10-36(33)47-38-19-37(28(23-43)18-34(38)39)46-24-27-17-26(20-40)21-41-22-27/h2-3,5-8,17-19,21-23,29,36,44H,4,9-16,24H2,1H3. The van der Waals surface area contributed by atoms with Gasteiger partial charge in [-0.1, -0.05) is 41.9 Å². The van der Waals surface area contributed by atoms with E-state index in [0.29, 0.717) is 46.1 Å². The molecule has 0 saturated carbocycles. The van der Waals surface area contributed by atoms with Gasteiger partial charge in [0.1, 0.15) is 36.0 Å². The number of hydrogen-bond acceptors (Lipinski definition) is 8. The van der Waals surface area contributed by atoms with Crippen LogP contribution in [0.15, 0.2) is 67.0 Å². The number of piperidine rings is 1. The van der Waals surface area contributed by atoms with E-state index in [9.17, 15) is 15.2 Å². The molecule has 1 saturated heterocycles. The van der Waals surface area contributed by atoms with Gasteiger partial charge in [-0.2, -0.15) is 5.26 Å². The van der Waals surface area contributed by atoms with Crippen molar-refractivity contribution in [3.63, 3.8) is 0 Å². The number of carbonyl (C=O) groups excluding carboxylic acids is 1. The Labute approximate surface area is 280 Å². The third-order valence-electron chi connectivity index (χ3n) is 9.00. The van der Waals surface area contributed by atoms with Crippen molar-refractivity contribution in [1.82, 2.24) is 9.88 Å². The minimum atomic E-state index is -0.218. The van der Waals surface area contributed by atoms with Crippen molar-refractivity contribution in [3.8, 4) is 34.4 Å². The number of rotatable bonds is 12.